The number of thioether (sulfide) groups is 1. The standard InChI is InChI=1S/C16H22N2O2S/c1-11(2)9-17-16(20)18-15(19)10-21-14-7-6-12-4-3-5-13(12)8-14/h6-8,11H,3-5,9-10H2,1-2H3,(H2,17,18,19,20). The van der Waals surface area contributed by atoms with Gasteiger partial charge in [0.05, 0.1) is 5.75 Å². The summed E-state index contributed by atoms with van der Waals surface area (Å²) in [5, 5.41) is 5.01. The molecule has 0 saturated heterocycles. The molecule has 0 bridgehead atoms. The van der Waals surface area contributed by atoms with Crippen LogP contribution in [0.15, 0.2) is 23.1 Å². The molecule has 5 heteroatoms. The first kappa shape index (κ1) is 15.9. The summed E-state index contributed by atoms with van der Waals surface area (Å²) in [7, 11) is 0. The van der Waals surface area contributed by atoms with Crippen molar-refractivity contribution in [1.82, 2.24) is 10.6 Å². The highest BCUT2D eigenvalue weighted by Gasteiger charge is 2.12. The van der Waals surface area contributed by atoms with Crippen molar-refractivity contribution in [1.29, 1.82) is 0 Å². The molecular weight excluding hydrogens is 284 g/mol. The number of rotatable bonds is 5. The van der Waals surface area contributed by atoms with E-state index in [1.54, 1.807) is 0 Å². The summed E-state index contributed by atoms with van der Waals surface area (Å²) in [5.41, 5.74) is 2.83. The minimum atomic E-state index is -0.414. The van der Waals surface area contributed by atoms with Crippen LogP contribution in [0.1, 0.15) is 31.4 Å². The van der Waals surface area contributed by atoms with Gasteiger partial charge in [-0.3, -0.25) is 10.1 Å². The van der Waals surface area contributed by atoms with E-state index < -0.39 is 6.03 Å². The minimum Gasteiger partial charge on any atom is -0.338 e. The molecule has 3 amide bonds. The number of aryl methyl sites for hydroxylation is 2. The normalized spacial score (nSPS) is 13.1. The van der Waals surface area contributed by atoms with Gasteiger partial charge in [-0.1, -0.05) is 19.9 Å². The van der Waals surface area contributed by atoms with Gasteiger partial charge in [-0.2, -0.15) is 0 Å². The van der Waals surface area contributed by atoms with Gasteiger partial charge in [0.25, 0.3) is 0 Å². The summed E-state index contributed by atoms with van der Waals surface area (Å²) in [4.78, 5) is 24.3. The molecule has 2 N–H and O–H groups in total. The van der Waals surface area contributed by atoms with Crippen LogP contribution in [0.5, 0.6) is 0 Å². The molecule has 0 aromatic heterocycles. The zero-order valence-electron chi connectivity index (χ0n) is 12.6. The number of nitrogens with one attached hydrogen (secondary N) is 2. The number of carbonyl (C=O) groups is 2. The average molecular weight is 306 g/mol. The summed E-state index contributed by atoms with van der Waals surface area (Å²) in [6, 6.07) is 5.96. The number of benzene rings is 1. The molecule has 0 saturated carbocycles. The predicted molar refractivity (Wildman–Crippen MR) is 85.6 cm³/mol. The Labute approximate surface area is 130 Å². The van der Waals surface area contributed by atoms with Crippen molar-refractivity contribution in [2.45, 2.75) is 38.0 Å². The monoisotopic (exact) mass is 306 g/mol. The first-order valence-corrected chi connectivity index (χ1v) is 8.35. The van der Waals surface area contributed by atoms with Gasteiger partial charge in [0, 0.05) is 11.4 Å². The molecule has 4 nitrogen and oxygen atoms in total. The first-order chi connectivity index (χ1) is 10.0. The molecule has 0 aliphatic heterocycles. The lowest BCUT2D eigenvalue weighted by Crippen LogP contribution is -2.41. The van der Waals surface area contributed by atoms with Gasteiger partial charge >= 0.3 is 6.03 Å². The Morgan fingerprint density at radius 2 is 2.00 bits per heavy atom. The van der Waals surface area contributed by atoms with Crippen LogP contribution in [-0.4, -0.2) is 24.2 Å². The van der Waals surface area contributed by atoms with Crippen LogP contribution in [0.25, 0.3) is 0 Å². The fourth-order valence-electron chi connectivity index (χ4n) is 2.29. The van der Waals surface area contributed by atoms with Crippen molar-refractivity contribution in [3.05, 3.63) is 29.3 Å². The van der Waals surface area contributed by atoms with Crippen molar-refractivity contribution in [3.63, 3.8) is 0 Å². The first-order valence-electron chi connectivity index (χ1n) is 7.37. The largest absolute Gasteiger partial charge is 0.338 e. The van der Waals surface area contributed by atoms with Crippen molar-refractivity contribution >= 4 is 23.7 Å². The van der Waals surface area contributed by atoms with Crippen LogP contribution in [-0.2, 0) is 17.6 Å². The van der Waals surface area contributed by atoms with E-state index in [1.165, 1.54) is 29.3 Å². The van der Waals surface area contributed by atoms with E-state index in [-0.39, 0.29) is 11.7 Å². The van der Waals surface area contributed by atoms with Crippen LogP contribution in [0, 0.1) is 5.92 Å². The number of urea groups is 1. The van der Waals surface area contributed by atoms with E-state index in [9.17, 15) is 9.59 Å². The van der Waals surface area contributed by atoms with E-state index in [2.05, 4.69) is 28.8 Å². The van der Waals surface area contributed by atoms with Crippen LogP contribution in [0.2, 0.25) is 0 Å². The second-order valence-corrected chi connectivity index (χ2v) is 6.77. The zero-order chi connectivity index (χ0) is 15.2. The molecule has 0 heterocycles. The van der Waals surface area contributed by atoms with Crippen LogP contribution >= 0.6 is 11.8 Å². The number of imide groups is 1. The maximum Gasteiger partial charge on any atom is 0.321 e. The third-order valence-electron chi connectivity index (χ3n) is 3.36. The third-order valence-corrected chi connectivity index (χ3v) is 4.36. The van der Waals surface area contributed by atoms with Gasteiger partial charge in [-0.15, -0.1) is 11.8 Å². The lowest BCUT2D eigenvalue weighted by molar-refractivity contribution is -0.117. The van der Waals surface area contributed by atoms with Crippen molar-refractivity contribution < 1.29 is 9.59 Å². The van der Waals surface area contributed by atoms with Crippen LogP contribution in [0.3, 0.4) is 0 Å². The number of carbonyl (C=O) groups excluding carboxylic acids is 2. The Bertz CT molecular complexity index is 529. The third kappa shape index (κ3) is 5.08. The van der Waals surface area contributed by atoms with Crippen LogP contribution < -0.4 is 10.6 Å². The van der Waals surface area contributed by atoms with E-state index in [0.717, 1.165) is 17.7 Å². The molecule has 2 rings (SSSR count). The van der Waals surface area contributed by atoms with E-state index in [0.29, 0.717) is 12.5 Å². The van der Waals surface area contributed by atoms with Crippen molar-refractivity contribution in [3.8, 4) is 0 Å². The van der Waals surface area contributed by atoms with E-state index >= 15 is 0 Å². The average Bonchev–Trinajstić information content (AvgIpc) is 2.90. The second-order valence-electron chi connectivity index (χ2n) is 5.72. The van der Waals surface area contributed by atoms with Gasteiger partial charge in [-0.25, -0.2) is 4.79 Å². The Balaban J connectivity index is 1.75. The van der Waals surface area contributed by atoms with Gasteiger partial charge in [0.15, 0.2) is 0 Å². The van der Waals surface area contributed by atoms with Crippen molar-refractivity contribution in [2.75, 3.05) is 12.3 Å². The topological polar surface area (TPSA) is 58.2 Å². The zero-order valence-corrected chi connectivity index (χ0v) is 13.4. The molecular formula is C16H22N2O2S. The van der Waals surface area contributed by atoms with E-state index in [4.69, 9.17) is 0 Å². The molecule has 0 spiro atoms. The number of hydrogen-bond acceptors (Lipinski definition) is 3. The maximum absolute atomic E-state index is 11.7. The van der Waals surface area contributed by atoms with E-state index in [1.807, 2.05) is 13.8 Å². The Morgan fingerprint density at radius 1 is 1.24 bits per heavy atom. The molecule has 0 radical (unpaired) electrons. The van der Waals surface area contributed by atoms with Gasteiger partial charge in [0.2, 0.25) is 5.91 Å². The maximum atomic E-state index is 11.7. The molecule has 1 aliphatic carbocycles. The summed E-state index contributed by atoms with van der Waals surface area (Å²) >= 11 is 1.47. The molecule has 0 unspecified atom stereocenters. The highest BCUT2D eigenvalue weighted by Crippen LogP contribution is 2.27. The van der Waals surface area contributed by atoms with Crippen molar-refractivity contribution in [2.24, 2.45) is 5.92 Å². The SMILES string of the molecule is CC(C)CNC(=O)NC(=O)CSc1ccc2c(c1)CCC2. The summed E-state index contributed by atoms with van der Waals surface area (Å²) in [6.45, 7) is 4.58. The number of fused-ring (bicyclic) bond motifs is 1. The Hall–Kier alpha value is -1.49. The highest BCUT2D eigenvalue weighted by molar-refractivity contribution is 8.00. The molecule has 1 aliphatic rings. The van der Waals surface area contributed by atoms with Gasteiger partial charge < -0.3 is 5.32 Å². The molecule has 0 fully saturated rings. The fourth-order valence-corrected chi connectivity index (χ4v) is 3.05. The summed E-state index contributed by atoms with van der Waals surface area (Å²) < 4.78 is 0. The quantitative estimate of drug-likeness (QED) is 0.822. The molecule has 0 atom stereocenters. The molecule has 1 aromatic rings. The summed E-state index contributed by atoms with van der Waals surface area (Å²) in [6.07, 6.45) is 3.52. The van der Waals surface area contributed by atoms with Crippen LogP contribution in [0.4, 0.5) is 4.79 Å². The number of hydrogen-bond donors (Lipinski definition) is 2. The molecule has 1 aromatic carbocycles. The van der Waals surface area contributed by atoms with Gasteiger partial charge in [0.1, 0.15) is 0 Å². The fraction of sp³-hybridized carbons (Fsp3) is 0.500. The predicted octanol–water partition coefficient (Wildman–Crippen LogP) is 2.75. The number of amides is 3. The summed E-state index contributed by atoms with van der Waals surface area (Å²) in [5.74, 6) is 0.363. The Kier molecular flexibility index (Phi) is 5.67. The minimum absolute atomic E-state index is 0.258. The lowest BCUT2D eigenvalue weighted by atomic mass is 10.1. The lowest BCUT2D eigenvalue weighted by Gasteiger charge is -2.08. The smallest absolute Gasteiger partial charge is 0.321 e. The molecule has 114 valence electrons. The molecule has 21 heavy (non-hydrogen) atoms. The highest BCUT2D eigenvalue weighted by atomic mass is 32.2. The van der Waals surface area contributed by atoms with Gasteiger partial charge in [-0.05, 0) is 48.4 Å². The second kappa shape index (κ2) is 7.50. The Morgan fingerprint density at radius 3 is 2.76 bits per heavy atom.